The first-order valence-electron chi connectivity index (χ1n) is 7.81. The number of hydrogen-bond donors (Lipinski definition) is 0. The number of halogens is 3. The Bertz CT molecular complexity index is 717. The van der Waals surface area contributed by atoms with E-state index >= 15 is 0 Å². The van der Waals surface area contributed by atoms with Gasteiger partial charge < -0.3 is 9.64 Å². The van der Waals surface area contributed by atoms with Crippen LogP contribution in [0, 0.1) is 0 Å². The minimum absolute atomic E-state index is 0.313. The Balaban J connectivity index is 1.60. The average Bonchev–Trinajstić information content (AvgIpc) is 2.62. The molecule has 0 aliphatic carbocycles. The van der Waals surface area contributed by atoms with Gasteiger partial charge in [0.05, 0.1) is 7.11 Å². The molecule has 1 saturated heterocycles. The molecule has 0 aromatic carbocycles. The Hall–Kier alpha value is -2.42. The lowest BCUT2D eigenvalue weighted by atomic mass is 10.2. The highest BCUT2D eigenvalue weighted by Crippen LogP contribution is 2.29. The van der Waals surface area contributed by atoms with Crippen LogP contribution in [0.1, 0.15) is 11.3 Å². The molecule has 3 rings (SSSR count). The van der Waals surface area contributed by atoms with Crippen molar-refractivity contribution in [1.82, 2.24) is 19.9 Å². The van der Waals surface area contributed by atoms with Crippen molar-refractivity contribution in [1.29, 1.82) is 0 Å². The Labute approximate surface area is 143 Å². The van der Waals surface area contributed by atoms with Gasteiger partial charge in [-0.3, -0.25) is 4.90 Å². The number of anilines is 1. The van der Waals surface area contributed by atoms with Crippen molar-refractivity contribution in [2.75, 3.05) is 38.2 Å². The highest BCUT2D eigenvalue weighted by Gasteiger charge is 2.33. The number of aromatic nitrogens is 3. The molecule has 6 nitrogen and oxygen atoms in total. The van der Waals surface area contributed by atoms with Gasteiger partial charge in [0.2, 0.25) is 5.88 Å². The summed E-state index contributed by atoms with van der Waals surface area (Å²) in [7, 11) is 1.57. The quantitative estimate of drug-likeness (QED) is 0.840. The molecule has 9 heteroatoms. The topological polar surface area (TPSA) is 54.4 Å². The lowest BCUT2D eigenvalue weighted by Crippen LogP contribution is -2.46. The molecule has 134 valence electrons. The second-order valence-corrected chi connectivity index (χ2v) is 5.73. The van der Waals surface area contributed by atoms with E-state index in [9.17, 15) is 13.2 Å². The van der Waals surface area contributed by atoms with E-state index in [1.165, 1.54) is 0 Å². The third kappa shape index (κ3) is 4.36. The predicted octanol–water partition coefficient (Wildman–Crippen LogP) is 2.22. The van der Waals surface area contributed by atoms with Gasteiger partial charge in [-0.1, -0.05) is 0 Å². The minimum Gasteiger partial charge on any atom is -0.481 e. The lowest BCUT2D eigenvalue weighted by Gasteiger charge is -2.35. The Morgan fingerprint density at radius 1 is 1.08 bits per heavy atom. The van der Waals surface area contributed by atoms with Crippen molar-refractivity contribution in [3.05, 3.63) is 42.0 Å². The van der Waals surface area contributed by atoms with E-state index in [1.54, 1.807) is 13.3 Å². The van der Waals surface area contributed by atoms with Crippen molar-refractivity contribution < 1.29 is 17.9 Å². The molecule has 0 radical (unpaired) electrons. The van der Waals surface area contributed by atoms with Crippen molar-refractivity contribution in [3.8, 4) is 5.88 Å². The number of piperazine rings is 1. The predicted molar refractivity (Wildman–Crippen MR) is 85.3 cm³/mol. The van der Waals surface area contributed by atoms with Crippen LogP contribution in [0.25, 0.3) is 0 Å². The van der Waals surface area contributed by atoms with Gasteiger partial charge >= 0.3 is 6.18 Å². The number of nitrogens with zero attached hydrogens (tertiary/aromatic N) is 5. The van der Waals surface area contributed by atoms with Crippen molar-refractivity contribution in [3.63, 3.8) is 0 Å². The molecule has 0 saturated carbocycles. The van der Waals surface area contributed by atoms with Crippen LogP contribution in [0.3, 0.4) is 0 Å². The van der Waals surface area contributed by atoms with Crippen LogP contribution in [-0.4, -0.2) is 53.1 Å². The molecule has 1 aliphatic rings. The molecule has 3 heterocycles. The standard InChI is InChI=1S/C16H18F3N5O/c1-25-15-8-12(2-3-20-15)10-23-4-6-24(7-5-23)14-9-13(16(17,18)19)21-11-22-14/h2-3,8-9,11H,4-7,10H2,1H3. The Morgan fingerprint density at radius 2 is 1.84 bits per heavy atom. The maximum Gasteiger partial charge on any atom is 0.433 e. The summed E-state index contributed by atoms with van der Waals surface area (Å²) in [6.07, 6.45) is -1.79. The summed E-state index contributed by atoms with van der Waals surface area (Å²) in [5.74, 6) is 0.879. The third-order valence-electron chi connectivity index (χ3n) is 4.05. The number of rotatable bonds is 4. The molecule has 2 aromatic heterocycles. The lowest BCUT2D eigenvalue weighted by molar-refractivity contribution is -0.141. The smallest absolute Gasteiger partial charge is 0.433 e. The molecule has 1 aliphatic heterocycles. The van der Waals surface area contributed by atoms with Crippen LogP contribution in [0.4, 0.5) is 19.0 Å². The van der Waals surface area contributed by atoms with Gasteiger partial charge in [-0.2, -0.15) is 13.2 Å². The fourth-order valence-corrected chi connectivity index (χ4v) is 2.73. The van der Waals surface area contributed by atoms with E-state index in [0.717, 1.165) is 37.6 Å². The molecule has 0 unspecified atom stereocenters. The molecule has 0 amide bonds. The van der Waals surface area contributed by atoms with E-state index in [1.807, 2.05) is 17.0 Å². The summed E-state index contributed by atoms with van der Waals surface area (Å²) in [5.41, 5.74) is 0.172. The number of methoxy groups -OCH3 is 1. The monoisotopic (exact) mass is 353 g/mol. The molecule has 0 N–H and O–H groups in total. The fourth-order valence-electron chi connectivity index (χ4n) is 2.73. The fraction of sp³-hybridized carbons (Fsp3) is 0.438. The van der Waals surface area contributed by atoms with Gasteiger partial charge in [-0.25, -0.2) is 15.0 Å². The SMILES string of the molecule is COc1cc(CN2CCN(c3cc(C(F)(F)F)ncn3)CC2)ccn1. The van der Waals surface area contributed by atoms with Crippen LogP contribution < -0.4 is 9.64 Å². The van der Waals surface area contributed by atoms with E-state index in [2.05, 4.69) is 19.9 Å². The summed E-state index contributed by atoms with van der Waals surface area (Å²) < 4.78 is 43.4. The van der Waals surface area contributed by atoms with Crippen molar-refractivity contribution in [2.45, 2.75) is 12.7 Å². The number of hydrogen-bond acceptors (Lipinski definition) is 6. The molecule has 2 aromatic rings. The zero-order chi connectivity index (χ0) is 17.9. The molecule has 25 heavy (non-hydrogen) atoms. The molecular formula is C16H18F3N5O. The Kier molecular flexibility index (Phi) is 5.03. The van der Waals surface area contributed by atoms with E-state index in [-0.39, 0.29) is 0 Å². The largest absolute Gasteiger partial charge is 0.481 e. The molecule has 0 bridgehead atoms. The zero-order valence-corrected chi connectivity index (χ0v) is 13.7. The van der Waals surface area contributed by atoms with Gasteiger partial charge in [0.15, 0.2) is 0 Å². The Morgan fingerprint density at radius 3 is 2.52 bits per heavy atom. The molecular weight excluding hydrogens is 335 g/mol. The third-order valence-corrected chi connectivity index (χ3v) is 4.05. The highest BCUT2D eigenvalue weighted by molar-refractivity contribution is 5.40. The van der Waals surface area contributed by atoms with Crippen LogP contribution in [-0.2, 0) is 12.7 Å². The van der Waals surface area contributed by atoms with E-state index < -0.39 is 11.9 Å². The van der Waals surface area contributed by atoms with Crippen LogP contribution in [0.5, 0.6) is 5.88 Å². The van der Waals surface area contributed by atoms with Gasteiger partial charge in [0, 0.05) is 51.1 Å². The van der Waals surface area contributed by atoms with Gasteiger partial charge in [-0.05, 0) is 11.6 Å². The zero-order valence-electron chi connectivity index (χ0n) is 13.7. The molecule has 0 spiro atoms. The molecule has 1 fully saturated rings. The second kappa shape index (κ2) is 7.22. The minimum atomic E-state index is -4.46. The summed E-state index contributed by atoms with van der Waals surface area (Å²) >= 11 is 0. The van der Waals surface area contributed by atoms with Gasteiger partial charge in [0.25, 0.3) is 0 Å². The highest BCUT2D eigenvalue weighted by atomic mass is 19.4. The first-order valence-corrected chi connectivity index (χ1v) is 7.81. The molecule has 0 atom stereocenters. The first kappa shape index (κ1) is 17.4. The van der Waals surface area contributed by atoms with E-state index in [4.69, 9.17) is 4.74 Å². The van der Waals surface area contributed by atoms with Crippen LogP contribution in [0.2, 0.25) is 0 Å². The van der Waals surface area contributed by atoms with Crippen molar-refractivity contribution >= 4 is 5.82 Å². The number of ether oxygens (including phenoxy) is 1. The average molecular weight is 353 g/mol. The maximum absolute atomic E-state index is 12.8. The first-order chi connectivity index (χ1) is 12.0. The van der Waals surface area contributed by atoms with Crippen LogP contribution >= 0.6 is 0 Å². The second-order valence-electron chi connectivity index (χ2n) is 5.73. The summed E-state index contributed by atoms with van der Waals surface area (Å²) in [6.45, 7) is 3.42. The number of pyridine rings is 1. The van der Waals surface area contributed by atoms with Crippen LogP contribution in [0.15, 0.2) is 30.7 Å². The van der Waals surface area contributed by atoms with E-state index in [0.29, 0.717) is 24.8 Å². The number of alkyl halides is 3. The maximum atomic E-state index is 12.8. The normalized spacial score (nSPS) is 16.1. The van der Waals surface area contributed by atoms with Gasteiger partial charge in [0.1, 0.15) is 17.8 Å². The summed E-state index contributed by atoms with van der Waals surface area (Å²) in [4.78, 5) is 15.4. The van der Waals surface area contributed by atoms with Gasteiger partial charge in [-0.15, -0.1) is 0 Å². The summed E-state index contributed by atoms with van der Waals surface area (Å²) in [5, 5.41) is 0. The summed E-state index contributed by atoms with van der Waals surface area (Å²) in [6, 6.07) is 4.81. The van der Waals surface area contributed by atoms with Crippen molar-refractivity contribution in [2.24, 2.45) is 0 Å².